The first kappa shape index (κ1) is 16.3. The van der Waals surface area contributed by atoms with Crippen LogP contribution in [0.15, 0.2) is 22.7 Å². The highest BCUT2D eigenvalue weighted by Gasteiger charge is 2.22. The predicted molar refractivity (Wildman–Crippen MR) is 87.8 cm³/mol. The van der Waals surface area contributed by atoms with Crippen molar-refractivity contribution in [2.75, 3.05) is 19.6 Å². The number of benzene rings is 1. The molecule has 1 aliphatic rings. The molecule has 1 heterocycles. The maximum Gasteiger partial charge on any atom is 0.252 e. The zero-order chi connectivity index (χ0) is 15.4. The third-order valence-electron chi connectivity index (χ3n) is 3.48. The Morgan fingerprint density at radius 2 is 2.14 bits per heavy atom. The molecule has 21 heavy (non-hydrogen) atoms. The molecule has 1 amide bonds. The number of hydrogen-bond donors (Lipinski definition) is 2. The number of piperidine rings is 1. The van der Waals surface area contributed by atoms with E-state index in [9.17, 15) is 9.18 Å². The van der Waals surface area contributed by atoms with E-state index in [1.807, 2.05) is 0 Å². The molecule has 3 N–H and O–H groups in total. The topological polar surface area (TPSA) is 58.4 Å². The summed E-state index contributed by atoms with van der Waals surface area (Å²) in [5, 5.41) is 2.95. The lowest BCUT2D eigenvalue weighted by atomic mass is 10.0. The van der Waals surface area contributed by atoms with Crippen LogP contribution in [0.2, 0.25) is 0 Å². The third-order valence-corrected chi connectivity index (χ3v) is 4.30. The van der Waals surface area contributed by atoms with Gasteiger partial charge in [0.1, 0.15) is 5.82 Å². The van der Waals surface area contributed by atoms with Crippen LogP contribution in [0.1, 0.15) is 23.2 Å². The highest BCUT2D eigenvalue weighted by atomic mass is 79.9. The van der Waals surface area contributed by atoms with E-state index < -0.39 is 5.82 Å². The van der Waals surface area contributed by atoms with Gasteiger partial charge in [-0.25, -0.2) is 4.39 Å². The van der Waals surface area contributed by atoms with Crippen LogP contribution in [0.4, 0.5) is 4.39 Å². The zero-order valence-electron chi connectivity index (χ0n) is 11.4. The van der Waals surface area contributed by atoms with Gasteiger partial charge < -0.3 is 11.1 Å². The Bertz CT molecular complexity index is 547. The Labute approximate surface area is 137 Å². The number of thiocarbonyl (C=S) groups is 1. The van der Waals surface area contributed by atoms with Gasteiger partial charge in [0, 0.05) is 30.1 Å². The lowest BCUT2D eigenvalue weighted by Gasteiger charge is -2.32. The maximum atomic E-state index is 13.2. The first-order valence-electron chi connectivity index (χ1n) is 6.72. The number of halogens is 2. The average Bonchev–Trinajstić information content (AvgIpc) is 2.43. The molecule has 0 spiro atoms. The number of nitrogens with two attached hydrogens (primary N) is 1. The number of carbonyl (C=O) groups is 1. The van der Waals surface area contributed by atoms with Crippen LogP contribution in [0.5, 0.6) is 0 Å². The van der Waals surface area contributed by atoms with Crippen molar-refractivity contribution in [3.05, 3.63) is 34.1 Å². The molecule has 7 heteroatoms. The molecule has 0 aliphatic carbocycles. The van der Waals surface area contributed by atoms with Crippen LogP contribution in [-0.4, -0.2) is 41.5 Å². The fourth-order valence-electron chi connectivity index (χ4n) is 2.39. The quantitative estimate of drug-likeness (QED) is 0.793. The van der Waals surface area contributed by atoms with Gasteiger partial charge in [0.05, 0.1) is 10.6 Å². The molecule has 1 aromatic carbocycles. The number of likely N-dealkylation sites (tertiary alicyclic amines) is 1. The summed E-state index contributed by atoms with van der Waals surface area (Å²) in [6, 6.07) is 4.18. The number of hydrogen-bond acceptors (Lipinski definition) is 3. The van der Waals surface area contributed by atoms with E-state index in [1.165, 1.54) is 18.2 Å². The molecule has 0 atom stereocenters. The van der Waals surface area contributed by atoms with Crippen LogP contribution in [0.3, 0.4) is 0 Å². The minimum Gasteiger partial charge on any atom is -0.392 e. The molecule has 0 bridgehead atoms. The van der Waals surface area contributed by atoms with Crippen molar-refractivity contribution in [1.29, 1.82) is 0 Å². The Hall–Kier alpha value is -1.05. The summed E-state index contributed by atoms with van der Waals surface area (Å²) in [5.74, 6) is -0.677. The van der Waals surface area contributed by atoms with Gasteiger partial charge in [-0.3, -0.25) is 9.69 Å². The van der Waals surface area contributed by atoms with Gasteiger partial charge in [-0.2, -0.15) is 0 Å². The van der Waals surface area contributed by atoms with Crippen molar-refractivity contribution in [3.63, 3.8) is 0 Å². The normalized spacial score (nSPS) is 16.7. The molecule has 4 nitrogen and oxygen atoms in total. The molecular weight excluding hydrogens is 357 g/mol. The van der Waals surface area contributed by atoms with Crippen LogP contribution >= 0.6 is 28.1 Å². The van der Waals surface area contributed by atoms with Gasteiger partial charge in [0.2, 0.25) is 0 Å². The second-order valence-electron chi connectivity index (χ2n) is 5.11. The van der Waals surface area contributed by atoms with Crippen molar-refractivity contribution in [2.45, 2.75) is 18.9 Å². The number of nitrogens with one attached hydrogen (secondary N) is 1. The second kappa shape index (κ2) is 7.29. The number of nitrogens with zero attached hydrogens (tertiary/aromatic N) is 1. The van der Waals surface area contributed by atoms with Crippen molar-refractivity contribution in [1.82, 2.24) is 10.2 Å². The lowest BCUT2D eigenvalue weighted by molar-refractivity contribution is 0.0913. The first-order chi connectivity index (χ1) is 9.95. The summed E-state index contributed by atoms with van der Waals surface area (Å²) in [4.78, 5) is 14.8. The number of amides is 1. The van der Waals surface area contributed by atoms with Crippen molar-refractivity contribution in [3.8, 4) is 0 Å². The Kier molecular flexibility index (Phi) is 5.66. The van der Waals surface area contributed by atoms with Crippen LogP contribution in [0, 0.1) is 5.82 Å². The Morgan fingerprint density at radius 1 is 1.48 bits per heavy atom. The van der Waals surface area contributed by atoms with Crippen LogP contribution < -0.4 is 11.1 Å². The van der Waals surface area contributed by atoms with Gasteiger partial charge in [-0.15, -0.1) is 0 Å². The SMILES string of the molecule is NC(=S)CN1CCC(NC(=O)c2cc(F)ccc2Br)CC1. The van der Waals surface area contributed by atoms with E-state index in [0.29, 0.717) is 21.6 Å². The fraction of sp³-hybridized carbons (Fsp3) is 0.429. The fourth-order valence-corrected chi connectivity index (χ4v) is 3.00. The Balaban J connectivity index is 1.90. The van der Waals surface area contributed by atoms with Crippen LogP contribution in [0.25, 0.3) is 0 Å². The molecule has 0 radical (unpaired) electrons. The standard InChI is InChI=1S/C14H17BrFN3OS/c15-12-2-1-9(16)7-11(12)14(20)18-10-3-5-19(6-4-10)8-13(17)21/h1-2,7,10H,3-6,8H2,(H2,17,21)(H,18,20). The molecule has 114 valence electrons. The second-order valence-corrected chi connectivity index (χ2v) is 6.49. The summed E-state index contributed by atoms with van der Waals surface area (Å²) >= 11 is 8.16. The van der Waals surface area contributed by atoms with Gasteiger partial charge in [-0.05, 0) is 47.0 Å². The lowest BCUT2D eigenvalue weighted by Crippen LogP contribution is -2.46. The minimum absolute atomic E-state index is 0.0928. The molecule has 1 aromatic rings. The largest absolute Gasteiger partial charge is 0.392 e. The number of carbonyl (C=O) groups excluding carboxylic acids is 1. The van der Waals surface area contributed by atoms with Gasteiger partial charge in [0.15, 0.2) is 0 Å². The minimum atomic E-state index is -0.422. The Morgan fingerprint density at radius 3 is 2.76 bits per heavy atom. The molecular formula is C14H17BrFN3OS. The molecule has 1 fully saturated rings. The third kappa shape index (κ3) is 4.72. The van der Waals surface area contributed by atoms with Crippen molar-refractivity contribution >= 4 is 39.0 Å². The van der Waals surface area contributed by atoms with E-state index in [0.717, 1.165) is 25.9 Å². The molecule has 0 aromatic heterocycles. The first-order valence-corrected chi connectivity index (χ1v) is 7.92. The van der Waals surface area contributed by atoms with E-state index >= 15 is 0 Å². The van der Waals surface area contributed by atoms with Gasteiger partial charge >= 0.3 is 0 Å². The number of rotatable bonds is 4. The molecule has 1 saturated heterocycles. The van der Waals surface area contributed by atoms with E-state index in [1.54, 1.807) is 0 Å². The smallest absolute Gasteiger partial charge is 0.252 e. The van der Waals surface area contributed by atoms with Gasteiger partial charge in [-0.1, -0.05) is 12.2 Å². The zero-order valence-corrected chi connectivity index (χ0v) is 13.8. The summed E-state index contributed by atoms with van der Waals surface area (Å²) in [7, 11) is 0. The summed E-state index contributed by atoms with van der Waals surface area (Å²) < 4.78 is 13.8. The summed E-state index contributed by atoms with van der Waals surface area (Å²) in [6.45, 7) is 2.30. The van der Waals surface area contributed by atoms with E-state index in [-0.39, 0.29) is 11.9 Å². The van der Waals surface area contributed by atoms with Gasteiger partial charge in [0.25, 0.3) is 5.91 Å². The molecule has 1 aliphatic heterocycles. The molecule has 0 saturated carbocycles. The van der Waals surface area contributed by atoms with Crippen molar-refractivity contribution < 1.29 is 9.18 Å². The van der Waals surface area contributed by atoms with Crippen LogP contribution in [-0.2, 0) is 0 Å². The highest BCUT2D eigenvalue weighted by molar-refractivity contribution is 9.10. The maximum absolute atomic E-state index is 13.2. The van der Waals surface area contributed by atoms with E-state index in [4.69, 9.17) is 18.0 Å². The monoisotopic (exact) mass is 373 g/mol. The average molecular weight is 374 g/mol. The summed E-state index contributed by atoms with van der Waals surface area (Å²) in [6.07, 6.45) is 1.67. The molecule has 2 rings (SSSR count). The highest BCUT2D eigenvalue weighted by Crippen LogP contribution is 2.19. The summed E-state index contributed by atoms with van der Waals surface area (Å²) in [5.41, 5.74) is 5.84. The van der Waals surface area contributed by atoms with E-state index in [2.05, 4.69) is 26.1 Å². The molecule has 0 unspecified atom stereocenters. The predicted octanol–water partition coefficient (Wildman–Crippen LogP) is 2.07. The van der Waals surface area contributed by atoms with Crippen molar-refractivity contribution in [2.24, 2.45) is 5.73 Å².